The molecule has 31 heavy (non-hydrogen) atoms. The van der Waals surface area contributed by atoms with E-state index in [1.165, 1.54) is 17.5 Å². The zero-order chi connectivity index (χ0) is 22.5. The van der Waals surface area contributed by atoms with E-state index < -0.39 is 11.9 Å². The molecular weight excluding hydrogens is 399 g/mol. The number of carbonyl (C=O) groups excluding carboxylic acids is 1. The standard InChI is InChI=1S/C23H35FN4O3/c1-15(16-9-10-16)27(2)23(29)30-14-20(28(3)26)22(25)17-11-12-21(19(24)13-17)31-18-7-5-4-6-8-18/h11-13,15-16,18H,4-10,14,25-26H2,1-3H3/b22-20-. The van der Waals surface area contributed by atoms with Crippen molar-refractivity contribution >= 4 is 11.8 Å². The van der Waals surface area contributed by atoms with Gasteiger partial charge >= 0.3 is 6.09 Å². The van der Waals surface area contributed by atoms with E-state index in [2.05, 4.69) is 0 Å². The first-order valence-corrected chi connectivity index (χ1v) is 11.1. The van der Waals surface area contributed by atoms with Crippen LogP contribution in [0.5, 0.6) is 5.75 Å². The summed E-state index contributed by atoms with van der Waals surface area (Å²) >= 11 is 0. The highest BCUT2D eigenvalue weighted by molar-refractivity contribution is 5.70. The second-order valence-electron chi connectivity index (χ2n) is 8.74. The fourth-order valence-electron chi connectivity index (χ4n) is 3.96. The van der Waals surface area contributed by atoms with E-state index >= 15 is 0 Å². The molecule has 2 saturated carbocycles. The van der Waals surface area contributed by atoms with Crippen LogP contribution >= 0.6 is 0 Å². The third kappa shape index (κ3) is 6.03. The Labute approximate surface area is 184 Å². The minimum Gasteiger partial charge on any atom is -0.487 e. The third-order valence-corrected chi connectivity index (χ3v) is 6.36. The molecule has 0 heterocycles. The van der Waals surface area contributed by atoms with Gasteiger partial charge in [0.1, 0.15) is 6.61 Å². The Morgan fingerprint density at radius 1 is 1.19 bits per heavy atom. The predicted octanol–water partition coefficient (Wildman–Crippen LogP) is 3.84. The molecule has 4 N–H and O–H groups in total. The van der Waals surface area contributed by atoms with Crippen molar-refractivity contribution in [3.05, 3.63) is 35.3 Å². The van der Waals surface area contributed by atoms with Crippen molar-refractivity contribution in [2.75, 3.05) is 20.7 Å². The van der Waals surface area contributed by atoms with Crippen LogP contribution in [-0.2, 0) is 4.74 Å². The van der Waals surface area contributed by atoms with Gasteiger partial charge in [-0.3, -0.25) is 0 Å². The molecule has 2 aliphatic carbocycles. The molecule has 0 bridgehead atoms. The molecule has 0 aromatic heterocycles. The quantitative estimate of drug-likeness (QED) is 0.477. The van der Waals surface area contributed by atoms with Gasteiger partial charge < -0.3 is 25.1 Å². The van der Waals surface area contributed by atoms with Gasteiger partial charge in [0.2, 0.25) is 0 Å². The van der Waals surface area contributed by atoms with Gasteiger partial charge in [-0.05, 0) is 69.6 Å². The van der Waals surface area contributed by atoms with Crippen LogP contribution in [0, 0.1) is 11.7 Å². The summed E-state index contributed by atoms with van der Waals surface area (Å²) in [6.45, 7) is 1.90. The number of rotatable bonds is 8. The maximum absolute atomic E-state index is 14.7. The summed E-state index contributed by atoms with van der Waals surface area (Å²) in [6.07, 6.45) is 7.21. The molecule has 0 radical (unpaired) electrons. The van der Waals surface area contributed by atoms with Crippen LogP contribution < -0.4 is 16.3 Å². The zero-order valence-electron chi connectivity index (χ0n) is 18.8. The lowest BCUT2D eigenvalue weighted by molar-refractivity contribution is 0.0981. The Morgan fingerprint density at radius 2 is 1.87 bits per heavy atom. The van der Waals surface area contributed by atoms with E-state index in [0.717, 1.165) is 38.5 Å². The largest absolute Gasteiger partial charge is 0.487 e. The SMILES string of the molecule is CC(C1CC1)N(C)C(=O)OC/C(=C(/N)c1ccc(OC2CCCCC2)c(F)c1)N(C)N. The molecule has 1 atom stereocenters. The van der Waals surface area contributed by atoms with Crippen LogP contribution in [0.1, 0.15) is 57.4 Å². The molecule has 8 heteroatoms. The number of benzene rings is 1. The van der Waals surface area contributed by atoms with E-state index in [1.807, 2.05) is 6.92 Å². The number of nitrogens with two attached hydrogens (primary N) is 2. The average molecular weight is 435 g/mol. The molecule has 0 saturated heterocycles. The van der Waals surface area contributed by atoms with Crippen molar-refractivity contribution in [2.45, 2.75) is 64.0 Å². The summed E-state index contributed by atoms with van der Waals surface area (Å²) < 4.78 is 26.0. The number of ether oxygens (including phenoxy) is 2. The molecule has 172 valence electrons. The van der Waals surface area contributed by atoms with Crippen molar-refractivity contribution in [3.8, 4) is 5.75 Å². The number of halogens is 1. The van der Waals surface area contributed by atoms with Gasteiger partial charge in [0.15, 0.2) is 11.6 Å². The summed E-state index contributed by atoms with van der Waals surface area (Å²) in [4.78, 5) is 14.0. The number of amides is 1. The van der Waals surface area contributed by atoms with E-state index in [1.54, 1.807) is 31.1 Å². The Kier molecular flexibility index (Phi) is 7.64. The highest BCUT2D eigenvalue weighted by Crippen LogP contribution is 2.35. The van der Waals surface area contributed by atoms with Gasteiger partial charge in [-0.15, -0.1) is 0 Å². The monoisotopic (exact) mass is 434 g/mol. The summed E-state index contributed by atoms with van der Waals surface area (Å²) in [5, 5.41) is 1.29. The molecule has 1 aromatic carbocycles. The first kappa shape index (κ1) is 23.2. The molecule has 1 unspecified atom stereocenters. The number of carbonyl (C=O) groups is 1. The molecule has 0 spiro atoms. The molecule has 7 nitrogen and oxygen atoms in total. The summed E-state index contributed by atoms with van der Waals surface area (Å²) in [6, 6.07) is 4.75. The van der Waals surface area contributed by atoms with Crippen LogP contribution in [0.15, 0.2) is 23.9 Å². The summed E-state index contributed by atoms with van der Waals surface area (Å²) in [5.74, 6) is 6.21. The van der Waals surface area contributed by atoms with Crippen LogP contribution in [0.2, 0.25) is 0 Å². The van der Waals surface area contributed by atoms with Gasteiger partial charge in [0.05, 0.1) is 17.5 Å². The maximum Gasteiger partial charge on any atom is 0.410 e. The molecular formula is C23H35FN4O3. The summed E-state index contributed by atoms with van der Waals surface area (Å²) in [7, 11) is 3.33. The van der Waals surface area contributed by atoms with Gasteiger partial charge in [-0.25, -0.2) is 15.0 Å². The fraction of sp³-hybridized carbons (Fsp3) is 0.609. The smallest absolute Gasteiger partial charge is 0.410 e. The first-order valence-electron chi connectivity index (χ1n) is 11.1. The number of hydrogen-bond acceptors (Lipinski definition) is 6. The Hall–Kier alpha value is -2.48. The number of hydrazine groups is 1. The molecule has 3 rings (SSSR count). The van der Waals surface area contributed by atoms with Gasteiger partial charge in [-0.2, -0.15) is 0 Å². The van der Waals surface area contributed by atoms with E-state index in [-0.39, 0.29) is 30.2 Å². The van der Waals surface area contributed by atoms with Crippen LogP contribution in [-0.4, -0.2) is 48.9 Å². The first-order chi connectivity index (χ1) is 14.8. The maximum atomic E-state index is 14.7. The number of hydrogen-bond donors (Lipinski definition) is 2. The lowest BCUT2D eigenvalue weighted by Crippen LogP contribution is -2.38. The van der Waals surface area contributed by atoms with Crippen LogP contribution in [0.3, 0.4) is 0 Å². The van der Waals surface area contributed by atoms with E-state index in [0.29, 0.717) is 17.2 Å². The molecule has 0 aliphatic heterocycles. The zero-order valence-corrected chi connectivity index (χ0v) is 18.8. The van der Waals surface area contributed by atoms with E-state index in [4.69, 9.17) is 21.1 Å². The van der Waals surface area contributed by atoms with Gasteiger partial charge in [-0.1, -0.05) is 6.42 Å². The Bertz CT molecular complexity index is 804. The Balaban J connectivity index is 1.68. The molecule has 1 amide bonds. The normalized spacial score (nSPS) is 18.7. The molecule has 1 aromatic rings. The highest BCUT2D eigenvalue weighted by Gasteiger charge is 2.33. The molecule has 2 aliphatic rings. The Morgan fingerprint density at radius 3 is 2.45 bits per heavy atom. The number of nitrogens with zero attached hydrogens (tertiary/aromatic N) is 2. The van der Waals surface area contributed by atoms with Crippen molar-refractivity contribution < 1.29 is 18.7 Å². The van der Waals surface area contributed by atoms with E-state index in [9.17, 15) is 9.18 Å². The minimum atomic E-state index is -0.472. The lowest BCUT2D eigenvalue weighted by Gasteiger charge is -2.26. The summed E-state index contributed by atoms with van der Waals surface area (Å²) in [5.41, 5.74) is 7.36. The topological polar surface area (TPSA) is 94.0 Å². The minimum absolute atomic E-state index is 0.0576. The predicted molar refractivity (Wildman–Crippen MR) is 118 cm³/mol. The van der Waals surface area contributed by atoms with Crippen molar-refractivity contribution in [1.29, 1.82) is 0 Å². The van der Waals surface area contributed by atoms with Gasteiger partial charge in [0.25, 0.3) is 0 Å². The molecule has 2 fully saturated rings. The van der Waals surface area contributed by atoms with Crippen LogP contribution in [0.25, 0.3) is 5.70 Å². The van der Waals surface area contributed by atoms with Crippen LogP contribution in [0.4, 0.5) is 9.18 Å². The van der Waals surface area contributed by atoms with Gasteiger partial charge in [0, 0.05) is 25.7 Å². The lowest BCUT2D eigenvalue weighted by atomic mass is 9.98. The highest BCUT2D eigenvalue weighted by atomic mass is 19.1. The van der Waals surface area contributed by atoms with Crippen molar-refractivity contribution in [3.63, 3.8) is 0 Å². The second kappa shape index (κ2) is 10.2. The average Bonchev–Trinajstić information content (AvgIpc) is 3.60. The fourth-order valence-corrected chi connectivity index (χ4v) is 3.96. The van der Waals surface area contributed by atoms with Crippen molar-refractivity contribution in [2.24, 2.45) is 17.5 Å². The van der Waals surface area contributed by atoms with Crippen molar-refractivity contribution in [1.82, 2.24) is 9.91 Å². The third-order valence-electron chi connectivity index (χ3n) is 6.36. The second-order valence-corrected chi connectivity index (χ2v) is 8.74. The number of likely N-dealkylation sites (N-methyl/N-ethyl adjacent to an activating group) is 1.